The van der Waals surface area contributed by atoms with Crippen LogP contribution in [0.15, 0.2) is 36.7 Å². The maximum absolute atomic E-state index is 12.8. The van der Waals surface area contributed by atoms with E-state index in [1.54, 1.807) is 4.90 Å². The summed E-state index contributed by atoms with van der Waals surface area (Å²) in [5.74, 6) is 0.120. The summed E-state index contributed by atoms with van der Waals surface area (Å²) >= 11 is 0. The third kappa shape index (κ3) is 3.74. The molecule has 2 amide bonds. The molecule has 1 spiro atoms. The van der Waals surface area contributed by atoms with Crippen molar-refractivity contribution >= 4 is 17.5 Å². The Morgan fingerprint density at radius 3 is 2.80 bits per heavy atom. The van der Waals surface area contributed by atoms with Crippen molar-refractivity contribution in [3.05, 3.63) is 47.8 Å². The maximum Gasteiger partial charge on any atom is 0.251 e. The van der Waals surface area contributed by atoms with Crippen molar-refractivity contribution < 1.29 is 9.59 Å². The van der Waals surface area contributed by atoms with Crippen LogP contribution in [0.1, 0.15) is 48.0 Å². The zero-order valence-electron chi connectivity index (χ0n) is 17.5. The van der Waals surface area contributed by atoms with E-state index in [-0.39, 0.29) is 23.3 Å². The number of carbonyl (C=O) groups excluding carboxylic acids is 2. The summed E-state index contributed by atoms with van der Waals surface area (Å²) in [5.41, 5.74) is 3.00. The molecule has 3 aliphatic rings. The zero-order valence-corrected chi connectivity index (χ0v) is 17.5. The van der Waals surface area contributed by atoms with Gasteiger partial charge in [-0.3, -0.25) is 19.2 Å². The van der Waals surface area contributed by atoms with Gasteiger partial charge in [0.05, 0.1) is 6.20 Å². The van der Waals surface area contributed by atoms with Crippen LogP contribution in [0.2, 0.25) is 0 Å². The second-order valence-electron chi connectivity index (χ2n) is 9.09. The molecule has 1 atom stereocenters. The van der Waals surface area contributed by atoms with Crippen molar-refractivity contribution in [3.8, 4) is 0 Å². The number of hydrogen-bond acceptors (Lipinski definition) is 4. The molecule has 5 rings (SSSR count). The predicted molar refractivity (Wildman–Crippen MR) is 114 cm³/mol. The number of aromatic nitrogens is 2. The molecule has 158 valence electrons. The van der Waals surface area contributed by atoms with Gasteiger partial charge in [-0.05, 0) is 62.4 Å². The molecule has 30 heavy (non-hydrogen) atoms. The molecule has 1 saturated carbocycles. The van der Waals surface area contributed by atoms with E-state index in [1.165, 1.54) is 5.56 Å². The van der Waals surface area contributed by atoms with Crippen molar-refractivity contribution in [1.82, 2.24) is 20.0 Å². The lowest BCUT2D eigenvalue weighted by Gasteiger charge is -2.32. The highest BCUT2D eigenvalue weighted by atomic mass is 16.2. The minimum atomic E-state index is -0.0249. The second-order valence-corrected chi connectivity index (χ2v) is 9.09. The Hall–Kier alpha value is -2.67. The highest BCUT2D eigenvalue weighted by Gasteiger charge is 2.55. The van der Waals surface area contributed by atoms with Gasteiger partial charge in [0, 0.05) is 55.6 Å². The van der Waals surface area contributed by atoms with Gasteiger partial charge in [0.25, 0.3) is 5.91 Å². The van der Waals surface area contributed by atoms with Crippen molar-refractivity contribution in [2.75, 3.05) is 24.5 Å². The number of aryl methyl sites for hydroxylation is 1. The van der Waals surface area contributed by atoms with Crippen LogP contribution >= 0.6 is 0 Å². The molecule has 1 unspecified atom stereocenters. The third-order valence-electron chi connectivity index (χ3n) is 7.00. The van der Waals surface area contributed by atoms with Crippen LogP contribution in [0.25, 0.3) is 0 Å². The minimum Gasteiger partial charge on any atom is -0.349 e. The van der Waals surface area contributed by atoms with Crippen LogP contribution in [0.3, 0.4) is 0 Å². The molecule has 2 saturated heterocycles. The van der Waals surface area contributed by atoms with Crippen LogP contribution in [0, 0.1) is 5.41 Å². The Bertz CT molecular complexity index is 960. The summed E-state index contributed by atoms with van der Waals surface area (Å²) in [6, 6.07) is 7.74. The molecule has 1 aliphatic carbocycles. The second kappa shape index (κ2) is 7.54. The number of piperidine rings is 1. The lowest BCUT2D eigenvalue weighted by Crippen LogP contribution is -2.38. The topological polar surface area (TPSA) is 70.5 Å². The van der Waals surface area contributed by atoms with E-state index in [0.29, 0.717) is 12.0 Å². The van der Waals surface area contributed by atoms with Crippen LogP contribution in [0.4, 0.5) is 5.69 Å². The van der Waals surface area contributed by atoms with Gasteiger partial charge in [-0.25, -0.2) is 0 Å². The number of hydrogen-bond donors (Lipinski definition) is 1. The first-order valence-electron chi connectivity index (χ1n) is 10.9. The molecule has 3 fully saturated rings. The fourth-order valence-electron chi connectivity index (χ4n) is 5.05. The fourth-order valence-corrected chi connectivity index (χ4v) is 5.05. The Morgan fingerprint density at radius 2 is 2.10 bits per heavy atom. The van der Waals surface area contributed by atoms with E-state index >= 15 is 0 Å². The highest BCUT2D eigenvalue weighted by Crippen LogP contribution is 2.54. The summed E-state index contributed by atoms with van der Waals surface area (Å²) in [7, 11) is 1.95. The molecule has 3 heterocycles. The van der Waals surface area contributed by atoms with Crippen molar-refractivity contribution in [3.63, 3.8) is 0 Å². The largest absolute Gasteiger partial charge is 0.349 e. The Morgan fingerprint density at radius 1 is 1.27 bits per heavy atom. The Kier molecular flexibility index (Phi) is 4.85. The first-order chi connectivity index (χ1) is 14.5. The fraction of sp³-hybridized carbons (Fsp3) is 0.522. The van der Waals surface area contributed by atoms with Gasteiger partial charge in [0.2, 0.25) is 5.91 Å². The van der Waals surface area contributed by atoms with Crippen molar-refractivity contribution in [1.29, 1.82) is 0 Å². The van der Waals surface area contributed by atoms with Gasteiger partial charge in [0.1, 0.15) is 0 Å². The summed E-state index contributed by atoms with van der Waals surface area (Å²) in [5, 5.41) is 7.51. The number of nitrogens with one attached hydrogen (secondary N) is 1. The molecular weight excluding hydrogens is 378 g/mol. The first-order valence-corrected chi connectivity index (χ1v) is 10.9. The molecule has 1 aromatic carbocycles. The van der Waals surface area contributed by atoms with Gasteiger partial charge in [-0.1, -0.05) is 6.07 Å². The van der Waals surface area contributed by atoms with Crippen LogP contribution < -0.4 is 10.2 Å². The van der Waals surface area contributed by atoms with Gasteiger partial charge in [-0.15, -0.1) is 0 Å². The monoisotopic (exact) mass is 407 g/mol. The number of carbonyl (C=O) groups is 2. The Labute approximate surface area is 177 Å². The normalized spacial score (nSPS) is 23.2. The minimum absolute atomic E-state index is 0.0249. The van der Waals surface area contributed by atoms with E-state index in [4.69, 9.17) is 0 Å². The smallest absolute Gasteiger partial charge is 0.251 e. The molecule has 7 heteroatoms. The number of anilines is 1. The average molecular weight is 408 g/mol. The molecule has 2 aromatic rings. The summed E-state index contributed by atoms with van der Waals surface area (Å²) in [4.78, 5) is 29.1. The maximum atomic E-state index is 12.8. The SMILES string of the molecule is Cn1cc(CN2CCC3(CC2)CC3NC(=O)c2cccc(N3CCCC3=O)c2)cn1. The van der Waals surface area contributed by atoms with E-state index < -0.39 is 0 Å². The number of benzene rings is 1. The van der Waals surface area contributed by atoms with Crippen molar-refractivity contribution in [2.24, 2.45) is 12.5 Å². The number of nitrogens with zero attached hydrogens (tertiary/aromatic N) is 4. The van der Waals surface area contributed by atoms with Crippen LogP contribution in [-0.2, 0) is 18.4 Å². The molecule has 1 N–H and O–H groups in total. The molecule has 0 radical (unpaired) electrons. The van der Waals surface area contributed by atoms with E-state index in [2.05, 4.69) is 21.5 Å². The van der Waals surface area contributed by atoms with Crippen LogP contribution in [-0.4, -0.2) is 52.2 Å². The summed E-state index contributed by atoms with van der Waals surface area (Å²) in [6.45, 7) is 3.82. The molecular formula is C23H29N5O2. The molecule has 7 nitrogen and oxygen atoms in total. The van der Waals surface area contributed by atoms with Gasteiger partial charge >= 0.3 is 0 Å². The third-order valence-corrected chi connectivity index (χ3v) is 7.00. The van der Waals surface area contributed by atoms with Gasteiger partial charge in [-0.2, -0.15) is 5.10 Å². The summed E-state index contributed by atoms with van der Waals surface area (Å²) < 4.78 is 1.85. The lowest BCUT2D eigenvalue weighted by atomic mass is 9.92. The van der Waals surface area contributed by atoms with E-state index in [1.807, 2.05) is 42.2 Å². The van der Waals surface area contributed by atoms with E-state index in [9.17, 15) is 9.59 Å². The Balaban J connectivity index is 1.15. The number of rotatable bonds is 5. The highest BCUT2D eigenvalue weighted by molar-refractivity contribution is 5.99. The number of amides is 2. The number of likely N-dealkylation sites (tertiary alicyclic amines) is 1. The average Bonchev–Trinajstić information content (AvgIpc) is 3.04. The molecule has 1 aromatic heterocycles. The molecule has 2 aliphatic heterocycles. The van der Waals surface area contributed by atoms with Crippen LogP contribution in [0.5, 0.6) is 0 Å². The zero-order chi connectivity index (χ0) is 20.7. The van der Waals surface area contributed by atoms with Gasteiger partial charge < -0.3 is 10.2 Å². The molecule has 0 bridgehead atoms. The van der Waals surface area contributed by atoms with Gasteiger partial charge in [0.15, 0.2) is 0 Å². The van der Waals surface area contributed by atoms with Crippen molar-refractivity contribution in [2.45, 2.75) is 44.7 Å². The standard InChI is InChI=1S/C23H29N5O2/c1-26-15-17(14-24-26)16-27-10-7-23(8-11-27)13-20(23)25-22(30)18-4-2-5-19(12-18)28-9-3-6-21(28)29/h2,4-5,12,14-15,20H,3,6-11,13,16H2,1H3,(H,25,30). The summed E-state index contributed by atoms with van der Waals surface area (Å²) in [6.07, 6.45) is 8.82. The lowest BCUT2D eigenvalue weighted by molar-refractivity contribution is -0.117. The van der Waals surface area contributed by atoms with E-state index in [0.717, 1.165) is 57.5 Å². The predicted octanol–water partition coefficient (Wildman–Crippen LogP) is 2.33. The quantitative estimate of drug-likeness (QED) is 0.826. The first kappa shape index (κ1) is 19.3.